The highest BCUT2D eigenvalue weighted by Crippen LogP contribution is 2.38. The van der Waals surface area contributed by atoms with Gasteiger partial charge in [0.1, 0.15) is 17.7 Å². The van der Waals surface area contributed by atoms with Crippen LogP contribution in [0.5, 0.6) is 0 Å². The molecule has 9 heteroatoms. The van der Waals surface area contributed by atoms with E-state index in [1.54, 1.807) is 12.1 Å². The van der Waals surface area contributed by atoms with Crippen LogP contribution in [0.4, 0.5) is 8.78 Å². The zero-order valence-electron chi connectivity index (χ0n) is 22.9. The second-order valence-corrected chi connectivity index (χ2v) is 14.2. The van der Waals surface area contributed by atoms with Crippen LogP contribution in [0.2, 0.25) is 0 Å². The van der Waals surface area contributed by atoms with Gasteiger partial charge >= 0.3 is 5.97 Å². The number of halogens is 2. The molecule has 3 fully saturated rings. The molecule has 3 aliphatic rings. The fourth-order valence-electron chi connectivity index (χ4n) is 6.78. The molecule has 0 spiro atoms. The number of carboxylic acids is 1. The molecule has 0 aromatic heterocycles. The molecule has 2 aromatic rings. The molecule has 6 nitrogen and oxygen atoms in total. The zero-order chi connectivity index (χ0) is 28.3. The molecule has 218 valence electrons. The number of hydrogen-bond acceptors (Lipinski definition) is 5. The smallest absolute Gasteiger partial charge is 0.320 e. The number of aliphatic carboxylic acids is 1. The maximum absolute atomic E-state index is 14.2. The van der Waals surface area contributed by atoms with E-state index in [0.717, 1.165) is 50.9 Å². The predicted octanol–water partition coefficient (Wildman–Crippen LogP) is 5.20. The first-order valence-electron chi connectivity index (χ1n) is 14.6. The van der Waals surface area contributed by atoms with Gasteiger partial charge in [0.2, 0.25) is 0 Å². The molecule has 1 aliphatic carbocycles. The van der Waals surface area contributed by atoms with E-state index in [9.17, 15) is 27.1 Å². The van der Waals surface area contributed by atoms with Crippen molar-refractivity contribution < 1.29 is 27.1 Å². The molecule has 1 saturated carbocycles. The molecule has 5 rings (SSSR count). The zero-order valence-corrected chi connectivity index (χ0v) is 23.7. The number of piperidine rings is 1. The second-order valence-electron chi connectivity index (χ2n) is 12.1. The molecule has 0 amide bonds. The molecule has 0 bridgehead atoms. The van der Waals surface area contributed by atoms with Crippen molar-refractivity contribution in [3.8, 4) is 0 Å². The lowest BCUT2D eigenvalue weighted by molar-refractivity contribution is -0.144. The van der Waals surface area contributed by atoms with Gasteiger partial charge in [0, 0.05) is 25.6 Å². The summed E-state index contributed by atoms with van der Waals surface area (Å²) in [5.74, 6) is -0.369. The van der Waals surface area contributed by atoms with Gasteiger partial charge in [-0.05, 0) is 98.5 Å². The van der Waals surface area contributed by atoms with Crippen molar-refractivity contribution in [1.82, 2.24) is 9.80 Å². The third-order valence-electron chi connectivity index (χ3n) is 9.42. The summed E-state index contributed by atoms with van der Waals surface area (Å²) < 4.78 is 52.7. The van der Waals surface area contributed by atoms with Gasteiger partial charge in [-0.1, -0.05) is 31.4 Å². The quantitative estimate of drug-likeness (QED) is 0.372. The Kier molecular flexibility index (Phi) is 9.22. The Morgan fingerprint density at radius 3 is 2.30 bits per heavy atom. The third kappa shape index (κ3) is 7.09. The topological polar surface area (TPSA) is 77.9 Å². The van der Waals surface area contributed by atoms with Crippen molar-refractivity contribution >= 4 is 15.8 Å². The predicted molar refractivity (Wildman–Crippen MR) is 150 cm³/mol. The van der Waals surface area contributed by atoms with Gasteiger partial charge < -0.3 is 10.0 Å². The summed E-state index contributed by atoms with van der Waals surface area (Å²) in [5.41, 5.74) is 0.932. The van der Waals surface area contributed by atoms with Crippen LogP contribution in [-0.4, -0.2) is 73.8 Å². The maximum atomic E-state index is 14.2. The van der Waals surface area contributed by atoms with Crippen LogP contribution in [0.25, 0.3) is 0 Å². The van der Waals surface area contributed by atoms with E-state index in [1.165, 1.54) is 36.8 Å². The van der Waals surface area contributed by atoms with Crippen molar-refractivity contribution in [2.24, 2.45) is 17.8 Å². The summed E-state index contributed by atoms with van der Waals surface area (Å²) >= 11 is 0. The van der Waals surface area contributed by atoms with Crippen LogP contribution in [0.15, 0.2) is 53.4 Å². The summed E-state index contributed by atoms with van der Waals surface area (Å²) in [6.07, 6.45) is 6.46. The van der Waals surface area contributed by atoms with Gasteiger partial charge in [-0.15, -0.1) is 0 Å². The summed E-state index contributed by atoms with van der Waals surface area (Å²) in [5, 5.41) is 10.1. The summed E-state index contributed by atoms with van der Waals surface area (Å²) in [6, 6.07) is 11.2. The fraction of sp³-hybridized carbons (Fsp3) is 0.581. The summed E-state index contributed by atoms with van der Waals surface area (Å²) in [6.45, 7) is 3.83. The molecule has 1 N–H and O–H groups in total. The van der Waals surface area contributed by atoms with Gasteiger partial charge in [-0.2, -0.15) is 0 Å². The maximum Gasteiger partial charge on any atom is 0.320 e. The number of nitrogens with zero attached hydrogens (tertiary/aromatic N) is 2. The lowest BCUT2D eigenvalue weighted by Crippen LogP contribution is -2.43. The highest BCUT2D eigenvalue weighted by atomic mass is 32.2. The lowest BCUT2D eigenvalue weighted by atomic mass is 9.80. The van der Waals surface area contributed by atoms with E-state index in [0.29, 0.717) is 37.8 Å². The number of sulfone groups is 1. The van der Waals surface area contributed by atoms with E-state index in [-0.39, 0.29) is 28.3 Å². The second kappa shape index (κ2) is 12.7. The molecular weight excluding hydrogens is 534 g/mol. The van der Waals surface area contributed by atoms with E-state index in [2.05, 4.69) is 9.80 Å². The first-order chi connectivity index (χ1) is 19.2. The Hall–Kier alpha value is -2.36. The average molecular weight is 575 g/mol. The number of hydrogen-bond donors (Lipinski definition) is 1. The summed E-state index contributed by atoms with van der Waals surface area (Å²) in [7, 11) is -3.44. The van der Waals surface area contributed by atoms with Crippen LogP contribution in [0.3, 0.4) is 0 Å². The van der Waals surface area contributed by atoms with Crippen molar-refractivity contribution in [2.75, 3.05) is 38.5 Å². The summed E-state index contributed by atoms with van der Waals surface area (Å²) in [4.78, 5) is 17.0. The van der Waals surface area contributed by atoms with E-state index >= 15 is 0 Å². The molecule has 2 aliphatic heterocycles. The highest BCUT2D eigenvalue weighted by Gasteiger charge is 2.41. The molecular formula is C31H40F2N2O4S. The number of rotatable bonds is 11. The average Bonchev–Trinajstić information content (AvgIpc) is 3.31. The van der Waals surface area contributed by atoms with Crippen molar-refractivity contribution in [1.29, 1.82) is 0 Å². The Morgan fingerprint density at radius 2 is 1.68 bits per heavy atom. The Morgan fingerprint density at radius 1 is 0.950 bits per heavy atom. The van der Waals surface area contributed by atoms with Crippen LogP contribution in [-0.2, 0) is 14.6 Å². The molecule has 2 aromatic carbocycles. The van der Waals surface area contributed by atoms with E-state index in [1.807, 2.05) is 6.07 Å². The molecule has 2 unspecified atom stereocenters. The fourth-order valence-corrected chi connectivity index (χ4v) is 8.21. The number of benzene rings is 2. The van der Waals surface area contributed by atoms with Gasteiger partial charge in [0.05, 0.1) is 10.6 Å². The van der Waals surface area contributed by atoms with Gasteiger partial charge in [0.25, 0.3) is 0 Å². The van der Waals surface area contributed by atoms with E-state index < -0.39 is 27.7 Å². The molecule has 2 saturated heterocycles. The number of likely N-dealkylation sites (tertiary alicyclic amines) is 2. The van der Waals surface area contributed by atoms with Crippen LogP contribution >= 0.6 is 0 Å². The first-order valence-corrected chi connectivity index (χ1v) is 16.3. The normalized spacial score (nSPS) is 24.1. The molecule has 0 radical (unpaired) electrons. The minimum Gasteiger partial charge on any atom is -0.480 e. The molecule has 40 heavy (non-hydrogen) atoms. The Bertz CT molecular complexity index is 1260. The highest BCUT2D eigenvalue weighted by molar-refractivity contribution is 7.91. The van der Waals surface area contributed by atoms with Gasteiger partial charge in [-0.3, -0.25) is 9.69 Å². The number of carbonyl (C=O) groups is 1. The standard InChI is InChI=1S/C31H40F2N2O4S/c32-26-7-9-28(10-8-26)40(38,39)16-13-22-11-14-34(15-12-22)19-25-20-35(30(31(36)37)17-23-3-1-4-23)21-29(25)24-5-2-6-27(33)18-24/h2,5-10,18,22-23,25,29-30H,1,3-4,11-17,19-21H2,(H,36,37)/t25?,29?,30-/m1/s1. The number of carboxylic acid groups (broad SMARTS) is 1. The van der Waals surface area contributed by atoms with Crippen molar-refractivity contribution in [2.45, 2.75) is 61.8 Å². The Balaban J connectivity index is 1.19. The van der Waals surface area contributed by atoms with E-state index in [4.69, 9.17) is 0 Å². The lowest BCUT2D eigenvalue weighted by Gasteiger charge is -2.35. The van der Waals surface area contributed by atoms with Gasteiger partial charge in [0.15, 0.2) is 9.84 Å². The van der Waals surface area contributed by atoms with Gasteiger partial charge in [-0.25, -0.2) is 17.2 Å². The first kappa shape index (κ1) is 29.1. The molecule has 3 atom stereocenters. The van der Waals surface area contributed by atoms with Crippen molar-refractivity contribution in [3.05, 3.63) is 65.7 Å². The van der Waals surface area contributed by atoms with Crippen LogP contribution in [0.1, 0.15) is 56.4 Å². The minimum absolute atomic E-state index is 0.0557. The Labute approximate surface area is 236 Å². The largest absolute Gasteiger partial charge is 0.480 e. The van der Waals surface area contributed by atoms with Crippen molar-refractivity contribution in [3.63, 3.8) is 0 Å². The van der Waals surface area contributed by atoms with Crippen LogP contribution in [0, 0.1) is 29.4 Å². The molecule has 2 heterocycles. The minimum atomic E-state index is -3.44. The SMILES string of the molecule is O=C(O)[C@@H](CC1CCC1)N1CC(CN2CCC(CCS(=O)(=O)c3ccc(F)cc3)CC2)C(c2cccc(F)c2)C1. The monoisotopic (exact) mass is 574 g/mol. The third-order valence-corrected chi connectivity index (χ3v) is 11.2. The van der Waals surface area contributed by atoms with Crippen LogP contribution < -0.4 is 0 Å².